The molecule has 0 aliphatic carbocycles. The summed E-state index contributed by atoms with van der Waals surface area (Å²) in [6.07, 6.45) is 4.97. The molecule has 0 unspecified atom stereocenters. The maximum absolute atomic E-state index is 10.8. The van der Waals surface area contributed by atoms with Crippen molar-refractivity contribution in [1.29, 1.82) is 0 Å². The Bertz CT molecular complexity index is 535. The molecule has 0 spiro atoms. The van der Waals surface area contributed by atoms with Crippen LogP contribution in [0, 0.1) is 0 Å². The van der Waals surface area contributed by atoms with Crippen molar-refractivity contribution in [1.82, 2.24) is 0 Å². The van der Waals surface area contributed by atoms with Crippen molar-refractivity contribution in [3.63, 3.8) is 0 Å². The van der Waals surface area contributed by atoms with Crippen LogP contribution in [0.5, 0.6) is 0 Å². The van der Waals surface area contributed by atoms with Crippen molar-refractivity contribution in [3.05, 3.63) is 0 Å². The van der Waals surface area contributed by atoms with Gasteiger partial charge in [0, 0.05) is 6.61 Å². The second-order valence-electron chi connectivity index (χ2n) is 8.86. The fraction of sp³-hybridized carbons (Fsp3) is 0.966. The Hall–Kier alpha value is -0.240. The molecule has 13 nitrogen and oxygen atoms in total. The summed E-state index contributed by atoms with van der Waals surface area (Å²) in [6.45, 7) is 10.8. The van der Waals surface area contributed by atoms with Crippen LogP contribution in [0.15, 0.2) is 0 Å². The zero-order valence-corrected chi connectivity index (χ0v) is 28.4. The SMILES string of the molecule is COC(=O)COCCOCCOCCOCCOCCOCCOCCOCCOCCOCCOCCCCCCI. The molecule has 0 fully saturated rings. The quantitative estimate of drug-likeness (QED) is 0.0398. The zero-order valence-electron chi connectivity index (χ0n) is 26.3. The standard InChI is InChI=1S/C29H57IO13/c1-32-29(31)28-43-27-26-42-25-24-41-23-22-40-21-20-39-19-18-38-17-16-37-15-14-36-13-12-35-11-10-34-9-8-33-7-5-3-2-4-6-30/h2-28H2,1H3. The summed E-state index contributed by atoms with van der Waals surface area (Å²) in [7, 11) is 1.32. The summed E-state index contributed by atoms with van der Waals surface area (Å²) in [4.78, 5) is 10.8. The van der Waals surface area contributed by atoms with Gasteiger partial charge in [-0.15, -0.1) is 0 Å². The molecule has 14 heteroatoms. The average Bonchev–Trinajstić information content (AvgIpc) is 3.02. The van der Waals surface area contributed by atoms with Crippen LogP contribution in [0.25, 0.3) is 0 Å². The minimum Gasteiger partial charge on any atom is -0.467 e. The molecule has 258 valence electrons. The maximum atomic E-state index is 10.8. The largest absolute Gasteiger partial charge is 0.467 e. The van der Waals surface area contributed by atoms with E-state index in [4.69, 9.17) is 52.1 Å². The summed E-state index contributed by atoms with van der Waals surface area (Å²) >= 11 is 2.42. The van der Waals surface area contributed by atoms with Gasteiger partial charge in [-0.05, 0) is 17.3 Å². The molecule has 0 N–H and O–H groups in total. The molecule has 0 aromatic carbocycles. The Morgan fingerprint density at radius 1 is 0.372 bits per heavy atom. The van der Waals surface area contributed by atoms with Gasteiger partial charge in [0.2, 0.25) is 0 Å². The number of carbonyl (C=O) groups excluding carboxylic acids is 1. The van der Waals surface area contributed by atoms with Crippen molar-refractivity contribution >= 4 is 28.6 Å². The van der Waals surface area contributed by atoms with E-state index in [1.54, 1.807) is 0 Å². The molecule has 0 aromatic heterocycles. The number of ether oxygens (including phenoxy) is 12. The number of hydrogen-bond donors (Lipinski definition) is 0. The molecule has 0 heterocycles. The number of hydrogen-bond acceptors (Lipinski definition) is 13. The number of rotatable bonds is 38. The molecular formula is C29H57IO13. The van der Waals surface area contributed by atoms with Crippen LogP contribution in [0.4, 0.5) is 0 Å². The first-order chi connectivity index (χ1) is 21.3. The van der Waals surface area contributed by atoms with Crippen LogP contribution in [0.1, 0.15) is 25.7 Å². The van der Waals surface area contributed by atoms with Gasteiger partial charge in [-0.3, -0.25) is 0 Å². The molecule has 43 heavy (non-hydrogen) atoms. The van der Waals surface area contributed by atoms with Crippen LogP contribution in [0.2, 0.25) is 0 Å². The molecule has 0 bridgehead atoms. The average molecular weight is 741 g/mol. The Balaban J connectivity index is 3.04. The van der Waals surface area contributed by atoms with Crippen LogP contribution < -0.4 is 0 Å². The number of methoxy groups -OCH3 is 1. The molecular weight excluding hydrogens is 683 g/mol. The van der Waals surface area contributed by atoms with Gasteiger partial charge in [-0.25, -0.2) is 4.79 Å². The first-order valence-corrected chi connectivity index (χ1v) is 16.8. The highest BCUT2D eigenvalue weighted by Gasteiger charge is 1.99. The van der Waals surface area contributed by atoms with Crippen LogP contribution >= 0.6 is 22.6 Å². The Morgan fingerprint density at radius 3 is 0.907 bits per heavy atom. The van der Waals surface area contributed by atoms with Crippen molar-refractivity contribution in [2.24, 2.45) is 0 Å². The molecule has 0 aliphatic rings. The minimum absolute atomic E-state index is 0.0676. The monoisotopic (exact) mass is 740 g/mol. The number of esters is 1. The first kappa shape index (κ1) is 42.8. The molecule has 0 amide bonds. The molecule has 0 saturated heterocycles. The molecule has 0 aromatic rings. The van der Waals surface area contributed by atoms with Gasteiger partial charge in [-0.2, -0.15) is 0 Å². The Kier molecular flexibility index (Phi) is 39.6. The van der Waals surface area contributed by atoms with Gasteiger partial charge in [0.05, 0.1) is 139 Å². The van der Waals surface area contributed by atoms with Crippen molar-refractivity contribution in [2.45, 2.75) is 25.7 Å². The van der Waals surface area contributed by atoms with Gasteiger partial charge in [-0.1, -0.05) is 35.4 Å². The van der Waals surface area contributed by atoms with E-state index < -0.39 is 5.97 Å². The van der Waals surface area contributed by atoms with E-state index in [9.17, 15) is 4.79 Å². The van der Waals surface area contributed by atoms with E-state index in [1.807, 2.05) is 0 Å². The highest BCUT2D eigenvalue weighted by molar-refractivity contribution is 14.1. The maximum Gasteiger partial charge on any atom is 0.331 e. The minimum atomic E-state index is -0.405. The lowest BCUT2D eigenvalue weighted by Crippen LogP contribution is -2.16. The number of halogens is 1. The molecule has 0 atom stereocenters. The fourth-order valence-electron chi connectivity index (χ4n) is 3.07. The lowest BCUT2D eigenvalue weighted by molar-refractivity contribution is -0.146. The van der Waals surface area contributed by atoms with Crippen molar-refractivity contribution in [3.8, 4) is 0 Å². The Morgan fingerprint density at radius 2 is 0.628 bits per heavy atom. The van der Waals surface area contributed by atoms with E-state index in [-0.39, 0.29) is 6.61 Å². The summed E-state index contributed by atoms with van der Waals surface area (Å²) in [6, 6.07) is 0. The molecule has 0 saturated carbocycles. The van der Waals surface area contributed by atoms with Gasteiger partial charge < -0.3 is 56.8 Å². The first-order valence-electron chi connectivity index (χ1n) is 15.3. The summed E-state index contributed by atoms with van der Waals surface area (Å²) in [5.74, 6) is -0.405. The third-order valence-electron chi connectivity index (χ3n) is 5.34. The van der Waals surface area contributed by atoms with E-state index in [0.717, 1.165) is 13.0 Å². The molecule has 0 aliphatic heterocycles. The fourth-order valence-corrected chi connectivity index (χ4v) is 3.61. The second kappa shape index (κ2) is 39.8. The topological polar surface area (TPSA) is 128 Å². The van der Waals surface area contributed by atoms with E-state index in [2.05, 4.69) is 27.3 Å². The van der Waals surface area contributed by atoms with Crippen LogP contribution in [-0.2, 0) is 61.6 Å². The highest BCUT2D eigenvalue weighted by atomic mass is 127. The van der Waals surface area contributed by atoms with Gasteiger partial charge in [0.25, 0.3) is 0 Å². The van der Waals surface area contributed by atoms with E-state index in [1.165, 1.54) is 30.8 Å². The lowest BCUT2D eigenvalue weighted by Gasteiger charge is -2.09. The number of carbonyl (C=O) groups is 1. The smallest absolute Gasteiger partial charge is 0.331 e. The Labute approximate surface area is 272 Å². The predicted octanol–water partition coefficient (Wildman–Crippen LogP) is 2.34. The highest BCUT2D eigenvalue weighted by Crippen LogP contribution is 2.02. The predicted molar refractivity (Wildman–Crippen MR) is 168 cm³/mol. The summed E-state index contributed by atoms with van der Waals surface area (Å²) in [5, 5.41) is 0. The van der Waals surface area contributed by atoms with E-state index >= 15 is 0 Å². The zero-order chi connectivity index (χ0) is 31.2. The van der Waals surface area contributed by atoms with E-state index in [0.29, 0.717) is 132 Å². The number of alkyl halides is 1. The third-order valence-corrected chi connectivity index (χ3v) is 6.10. The van der Waals surface area contributed by atoms with Crippen LogP contribution in [0.3, 0.4) is 0 Å². The van der Waals surface area contributed by atoms with Crippen LogP contribution in [-0.4, -0.2) is 163 Å². The third kappa shape index (κ3) is 39.7. The van der Waals surface area contributed by atoms with Crippen molar-refractivity contribution < 1.29 is 61.6 Å². The van der Waals surface area contributed by atoms with Gasteiger partial charge >= 0.3 is 5.97 Å². The molecule has 0 rings (SSSR count). The second-order valence-corrected chi connectivity index (χ2v) is 9.93. The summed E-state index contributed by atoms with van der Waals surface area (Å²) in [5.41, 5.74) is 0. The van der Waals surface area contributed by atoms with Gasteiger partial charge in [0.15, 0.2) is 0 Å². The normalized spacial score (nSPS) is 11.4. The number of unbranched alkanes of at least 4 members (excludes halogenated alkanes) is 3. The summed E-state index contributed by atoms with van der Waals surface area (Å²) < 4.78 is 65.3. The molecule has 0 radical (unpaired) electrons. The van der Waals surface area contributed by atoms with Crippen molar-refractivity contribution in [2.75, 3.05) is 157 Å². The lowest BCUT2D eigenvalue weighted by atomic mass is 10.2. The van der Waals surface area contributed by atoms with Gasteiger partial charge in [0.1, 0.15) is 6.61 Å².